The normalized spacial score (nSPS) is 11.9. The number of carbonyl (C=O) groups is 1. The summed E-state index contributed by atoms with van der Waals surface area (Å²) in [6.07, 6.45) is 1.12. The Morgan fingerprint density at radius 3 is 2.63 bits per heavy atom. The van der Waals surface area contributed by atoms with Crippen molar-refractivity contribution in [2.24, 2.45) is 0 Å². The summed E-state index contributed by atoms with van der Waals surface area (Å²) in [7, 11) is 0. The van der Waals surface area contributed by atoms with Crippen LogP contribution in [-0.4, -0.2) is 26.2 Å². The smallest absolute Gasteiger partial charge is 0.419 e. The summed E-state index contributed by atoms with van der Waals surface area (Å²) in [5.41, 5.74) is 2.03. The fourth-order valence-corrected chi connectivity index (χ4v) is 3.14. The zero-order chi connectivity index (χ0) is 19.2. The highest BCUT2D eigenvalue weighted by Gasteiger charge is 2.23. The topological polar surface area (TPSA) is 57.0 Å². The first-order valence-electron chi connectivity index (χ1n) is 8.58. The lowest BCUT2D eigenvalue weighted by Crippen LogP contribution is -2.27. The van der Waals surface area contributed by atoms with Gasteiger partial charge in [-0.15, -0.1) is 0 Å². The number of aromatic nitrogens is 3. The number of ether oxygens (including phenoxy) is 1. The molecule has 0 N–H and O–H groups in total. The van der Waals surface area contributed by atoms with Crippen LogP contribution in [0.15, 0.2) is 54.7 Å². The largest absolute Gasteiger partial charge is 0.443 e. The summed E-state index contributed by atoms with van der Waals surface area (Å²) in [4.78, 5) is 21.8. The van der Waals surface area contributed by atoms with Gasteiger partial charge in [0.2, 0.25) is 0 Å². The van der Waals surface area contributed by atoms with E-state index in [2.05, 4.69) is 9.97 Å². The molecule has 0 aliphatic carbocycles. The van der Waals surface area contributed by atoms with E-state index < -0.39 is 11.7 Å². The van der Waals surface area contributed by atoms with Gasteiger partial charge in [-0.1, -0.05) is 29.8 Å². The predicted octanol–water partition coefficient (Wildman–Crippen LogP) is 5.69. The lowest BCUT2D eigenvalue weighted by atomic mass is 10.2. The number of nitrogens with zero attached hydrogens (tertiary/aromatic N) is 3. The molecule has 0 atom stereocenters. The lowest BCUT2D eigenvalue weighted by molar-refractivity contribution is 0.0547. The maximum Gasteiger partial charge on any atom is 0.419 e. The number of pyridine rings is 2. The van der Waals surface area contributed by atoms with E-state index in [4.69, 9.17) is 16.3 Å². The molecule has 0 aliphatic rings. The van der Waals surface area contributed by atoms with Crippen molar-refractivity contribution < 1.29 is 9.53 Å². The zero-order valence-corrected chi connectivity index (χ0v) is 16.0. The average Bonchev–Trinajstić information content (AvgIpc) is 2.99. The van der Waals surface area contributed by atoms with Gasteiger partial charge in [0.25, 0.3) is 0 Å². The molecule has 0 aliphatic heterocycles. The van der Waals surface area contributed by atoms with E-state index in [9.17, 15) is 4.79 Å². The highest BCUT2D eigenvalue weighted by atomic mass is 35.5. The van der Waals surface area contributed by atoms with E-state index in [-0.39, 0.29) is 0 Å². The first kappa shape index (κ1) is 17.5. The van der Waals surface area contributed by atoms with Gasteiger partial charge in [0.1, 0.15) is 5.60 Å². The molecule has 4 rings (SSSR count). The minimum absolute atomic E-state index is 0.440. The van der Waals surface area contributed by atoms with E-state index in [1.54, 1.807) is 10.8 Å². The van der Waals surface area contributed by atoms with E-state index in [1.165, 1.54) is 0 Å². The Labute approximate surface area is 161 Å². The maximum absolute atomic E-state index is 12.9. The van der Waals surface area contributed by atoms with Gasteiger partial charge in [-0.25, -0.2) is 19.3 Å². The molecule has 1 aromatic carbocycles. The zero-order valence-electron chi connectivity index (χ0n) is 15.2. The summed E-state index contributed by atoms with van der Waals surface area (Å²) >= 11 is 6.00. The molecule has 0 fully saturated rings. The Kier molecular flexibility index (Phi) is 4.12. The molecule has 27 heavy (non-hydrogen) atoms. The first-order valence-corrected chi connectivity index (χ1v) is 8.96. The van der Waals surface area contributed by atoms with Gasteiger partial charge in [0.15, 0.2) is 5.65 Å². The van der Waals surface area contributed by atoms with Crippen molar-refractivity contribution >= 4 is 39.6 Å². The molecule has 136 valence electrons. The number of carbonyl (C=O) groups excluding carboxylic acids is 1. The van der Waals surface area contributed by atoms with E-state index in [0.717, 1.165) is 16.3 Å². The standard InChI is InChI=1S/C21H18ClN3O2/c1-21(2,3)27-20(26)25-17-7-5-4-6-13(17)11-18(25)16-9-8-14-10-15(22)12-23-19(14)24-16/h4-12H,1-3H3. The Balaban J connectivity index is 1.92. The minimum atomic E-state index is -0.602. The molecule has 0 spiro atoms. The van der Waals surface area contributed by atoms with Gasteiger partial charge in [0.05, 0.1) is 21.9 Å². The molecule has 0 amide bonds. The van der Waals surface area contributed by atoms with Gasteiger partial charge in [-0.3, -0.25) is 0 Å². The van der Waals surface area contributed by atoms with Crippen LogP contribution in [0.2, 0.25) is 5.02 Å². The summed E-state index contributed by atoms with van der Waals surface area (Å²) in [5.74, 6) is 0. The van der Waals surface area contributed by atoms with Crippen LogP contribution in [0.25, 0.3) is 33.3 Å². The Morgan fingerprint density at radius 2 is 1.85 bits per heavy atom. The van der Waals surface area contributed by atoms with Crippen molar-refractivity contribution in [3.05, 3.63) is 59.8 Å². The molecule has 6 heteroatoms. The monoisotopic (exact) mass is 379 g/mol. The second kappa shape index (κ2) is 6.35. The van der Waals surface area contributed by atoms with Crippen molar-refractivity contribution in [2.45, 2.75) is 26.4 Å². The van der Waals surface area contributed by atoms with Crippen LogP contribution < -0.4 is 0 Å². The average molecular weight is 380 g/mol. The van der Waals surface area contributed by atoms with E-state index >= 15 is 0 Å². The predicted molar refractivity (Wildman–Crippen MR) is 107 cm³/mol. The second-order valence-corrected chi connectivity index (χ2v) is 7.74. The van der Waals surface area contributed by atoms with Crippen LogP contribution >= 0.6 is 11.6 Å². The number of para-hydroxylation sites is 1. The van der Waals surface area contributed by atoms with Crippen molar-refractivity contribution in [1.82, 2.24) is 14.5 Å². The molecule has 0 radical (unpaired) electrons. The third-order valence-electron chi connectivity index (χ3n) is 4.06. The number of fused-ring (bicyclic) bond motifs is 2. The van der Waals surface area contributed by atoms with Gasteiger partial charge in [0, 0.05) is 17.0 Å². The summed E-state index contributed by atoms with van der Waals surface area (Å²) in [5, 5.41) is 2.33. The third-order valence-corrected chi connectivity index (χ3v) is 4.26. The van der Waals surface area contributed by atoms with Crippen LogP contribution in [0, 0.1) is 0 Å². The highest BCUT2D eigenvalue weighted by Crippen LogP contribution is 2.29. The van der Waals surface area contributed by atoms with Crippen LogP contribution in [-0.2, 0) is 4.74 Å². The molecule has 0 unspecified atom stereocenters. The van der Waals surface area contributed by atoms with Gasteiger partial charge >= 0.3 is 6.09 Å². The summed E-state index contributed by atoms with van der Waals surface area (Å²) < 4.78 is 7.18. The first-order chi connectivity index (χ1) is 12.8. The molecule has 3 heterocycles. The van der Waals surface area contributed by atoms with E-state index in [1.807, 2.05) is 69.3 Å². The van der Waals surface area contributed by atoms with Crippen molar-refractivity contribution in [2.75, 3.05) is 0 Å². The number of benzene rings is 1. The van der Waals surface area contributed by atoms with E-state index in [0.29, 0.717) is 22.1 Å². The maximum atomic E-state index is 12.9. The van der Waals surface area contributed by atoms with Crippen molar-refractivity contribution in [3.8, 4) is 11.4 Å². The molecular weight excluding hydrogens is 362 g/mol. The second-order valence-electron chi connectivity index (χ2n) is 7.30. The molecule has 5 nitrogen and oxygen atoms in total. The minimum Gasteiger partial charge on any atom is -0.443 e. The quantitative estimate of drug-likeness (QED) is 0.426. The van der Waals surface area contributed by atoms with Gasteiger partial charge in [-0.05, 0) is 51.1 Å². The fraction of sp³-hybridized carbons (Fsp3) is 0.190. The summed E-state index contributed by atoms with van der Waals surface area (Å²) in [6.45, 7) is 5.54. The third kappa shape index (κ3) is 3.38. The van der Waals surface area contributed by atoms with Crippen LogP contribution in [0.3, 0.4) is 0 Å². The Bertz CT molecular complexity index is 1180. The van der Waals surface area contributed by atoms with Gasteiger partial charge in [-0.2, -0.15) is 0 Å². The van der Waals surface area contributed by atoms with Crippen molar-refractivity contribution in [3.63, 3.8) is 0 Å². The highest BCUT2D eigenvalue weighted by molar-refractivity contribution is 6.31. The number of halogens is 1. The molecule has 0 bridgehead atoms. The number of hydrogen-bond donors (Lipinski definition) is 0. The van der Waals surface area contributed by atoms with Crippen LogP contribution in [0.4, 0.5) is 4.79 Å². The molecule has 3 aromatic heterocycles. The Hall–Kier alpha value is -2.92. The lowest BCUT2D eigenvalue weighted by Gasteiger charge is -2.21. The van der Waals surface area contributed by atoms with Crippen molar-refractivity contribution in [1.29, 1.82) is 0 Å². The van der Waals surface area contributed by atoms with Crippen LogP contribution in [0.1, 0.15) is 20.8 Å². The fourth-order valence-electron chi connectivity index (χ4n) is 2.97. The summed E-state index contributed by atoms with van der Waals surface area (Å²) in [6, 6.07) is 15.2. The molecule has 4 aromatic rings. The molecule has 0 saturated carbocycles. The van der Waals surface area contributed by atoms with Gasteiger partial charge < -0.3 is 4.74 Å². The molecular formula is C21H18ClN3O2. The molecule has 0 saturated heterocycles. The SMILES string of the molecule is CC(C)(C)OC(=O)n1c(-c2ccc3cc(Cl)cnc3n2)cc2ccccc21. The number of hydrogen-bond acceptors (Lipinski definition) is 4. The Morgan fingerprint density at radius 1 is 1.07 bits per heavy atom. The van der Waals surface area contributed by atoms with Crippen LogP contribution in [0.5, 0.6) is 0 Å². The number of rotatable bonds is 1.